The van der Waals surface area contributed by atoms with Crippen LogP contribution in [0, 0.1) is 6.92 Å². The fourth-order valence-corrected chi connectivity index (χ4v) is 1.42. The van der Waals surface area contributed by atoms with Crippen LogP contribution in [0.3, 0.4) is 0 Å². The lowest BCUT2D eigenvalue weighted by Crippen LogP contribution is -2.15. The molecule has 0 unspecified atom stereocenters. The molecule has 0 aliphatic carbocycles. The first-order valence-corrected chi connectivity index (χ1v) is 4.88. The molecule has 0 aliphatic rings. The Morgan fingerprint density at radius 3 is 3.06 bits per heavy atom. The average molecular weight is 221 g/mol. The van der Waals surface area contributed by atoms with Gasteiger partial charge in [0.1, 0.15) is 5.65 Å². The number of nitrogens with zero attached hydrogens (tertiary/aromatic N) is 2. The van der Waals surface area contributed by atoms with Crippen LogP contribution in [-0.4, -0.2) is 26.9 Å². The van der Waals surface area contributed by atoms with Crippen LogP contribution in [0.2, 0.25) is 0 Å². The van der Waals surface area contributed by atoms with Gasteiger partial charge in [0.25, 0.3) is 0 Å². The van der Waals surface area contributed by atoms with Crippen molar-refractivity contribution < 1.29 is 9.53 Å². The van der Waals surface area contributed by atoms with Gasteiger partial charge in [0.15, 0.2) is 5.69 Å². The molecule has 0 bridgehead atoms. The number of carbonyl (C=O) groups excluding carboxylic acids is 1. The van der Waals surface area contributed by atoms with Crippen LogP contribution in [-0.2, 0) is 4.74 Å². The zero-order valence-corrected chi connectivity index (χ0v) is 8.98. The lowest BCUT2D eigenvalue weighted by Gasteiger charge is -1.94. The second-order valence-electron chi connectivity index (χ2n) is 3.33. The van der Waals surface area contributed by atoms with Gasteiger partial charge in [-0.05, 0) is 13.8 Å². The molecule has 0 saturated heterocycles. The number of ether oxygens (including phenoxy) is 1. The molecular weight excluding hydrogens is 210 g/mol. The normalized spacial score (nSPS) is 10.6. The van der Waals surface area contributed by atoms with Crippen molar-refractivity contribution >= 4 is 11.6 Å². The van der Waals surface area contributed by atoms with Gasteiger partial charge >= 0.3 is 11.7 Å². The van der Waals surface area contributed by atoms with E-state index in [1.165, 1.54) is 10.6 Å². The van der Waals surface area contributed by atoms with Gasteiger partial charge in [0.05, 0.1) is 6.61 Å². The predicted molar refractivity (Wildman–Crippen MR) is 56.5 cm³/mol. The van der Waals surface area contributed by atoms with Crippen molar-refractivity contribution in [3.8, 4) is 0 Å². The minimum Gasteiger partial charge on any atom is -0.461 e. The van der Waals surface area contributed by atoms with Crippen LogP contribution in [0.4, 0.5) is 0 Å². The van der Waals surface area contributed by atoms with Crippen LogP contribution < -0.4 is 5.69 Å². The summed E-state index contributed by atoms with van der Waals surface area (Å²) in [6.07, 6.45) is 1.37. The van der Waals surface area contributed by atoms with Crippen molar-refractivity contribution in [3.05, 3.63) is 34.1 Å². The summed E-state index contributed by atoms with van der Waals surface area (Å²) >= 11 is 0. The topological polar surface area (TPSA) is 76.5 Å². The number of aromatic nitrogens is 3. The highest BCUT2D eigenvalue weighted by Crippen LogP contribution is 2.04. The number of esters is 1. The van der Waals surface area contributed by atoms with Gasteiger partial charge in [-0.1, -0.05) is 0 Å². The third-order valence-electron chi connectivity index (χ3n) is 2.09. The molecule has 0 saturated carbocycles. The molecule has 0 radical (unpaired) electrons. The Bertz CT molecular complexity index is 597. The van der Waals surface area contributed by atoms with Gasteiger partial charge in [-0.15, -0.1) is 0 Å². The van der Waals surface area contributed by atoms with Crippen molar-refractivity contribution in [3.63, 3.8) is 0 Å². The molecule has 84 valence electrons. The van der Waals surface area contributed by atoms with Crippen molar-refractivity contribution in [2.75, 3.05) is 6.61 Å². The summed E-state index contributed by atoms with van der Waals surface area (Å²) in [5.74, 6) is -0.525. The largest absolute Gasteiger partial charge is 0.461 e. The van der Waals surface area contributed by atoms with Crippen LogP contribution >= 0.6 is 0 Å². The van der Waals surface area contributed by atoms with E-state index in [0.29, 0.717) is 11.3 Å². The number of hydrogen-bond donors (Lipinski definition) is 1. The van der Waals surface area contributed by atoms with Crippen molar-refractivity contribution in [2.24, 2.45) is 0 Å². The number of nitrogens with one attached hydrogen (secondary N) is 1. The Hall–Kier alpha value is -2.11. The van der Waals surface area contributed by atoms with Crippen molar-refractivity contribution in [2.45, 2.75) is 13.8 Å². The van der Waals surface area contributed by atoms with Crippen LogP contribution in [0.25, 0.3) is 5.65 Å². The van der Waals surface area contributed by atoms with Gasteiger partial charge in [-0.3, -0.25) is 4.40 Å². The molecule has 0 aromatic carbocycles. The molecule has 0 spiro atoms. The highest BCUT2D eigenvalue weighted by atomic mass is 16.5. The van der Waals surface area contributed by atoms with Crippen LogP contribution in [0.5, 0.6) is 0 Å². The third kappa shape index (κ3) is 1.69. The number of H-pyrrole nitrogens is 1. The van der Waals surface area contributed by atoms with Gasteiger partial charge in [0, 0.05) is 18.0 Å². The molecule has 6 heteroatoms. The van der Waals surface area contributed by atoms with E-state index in [-0.39, 0.29) is 18.0 Å². The fraction of sp³-hybridized carbons (Fsp3) is 0.300. The van der Waals surface area contributed by atoms with E-state index in [2.05, 4.69) is 9.97 Å². The van der Waals surface area contributed by atoms with Crippen molar-refractivity contribution in [1.29, 1.82) is 0 Å². The highest BCUT2D eigenvalue weighted by Gasteiger charge is 2.12. The first-order chi connectivity index (χ1) is 7.61. The molecule has 2 heterocycles. The minimum atomic E-state index is -0.525. The maximum Gasteiger partial charge on any atom is 0.358 e. The summed E-state index contributed by atoms with van der Waals surface area (Å²) in [5.41, 5.74) is 0.943. The number of carbonyl (C=O) groups is 1. The molecule has 16 heavy (non-hydrogen) atoms. The quantitative estimate of drug-likeness (QED) is 0.749. The third-order valence-corrected chi connectivity index (χ3v) is 2.09. The summed E-state index contributed by atoms with van der Waals surface area (Å²) in [6, 6.07) is 1.68. The van der Waals surface area contributed by atoms with Gasteiger partial charge in [-0.2, -0.15) is 0 Å². The Balaban J connectivity index is 2.56. The van der Waals surface area contributed by atoms with E-state index >= 15 is 0 Å². The lowest BCUT2D eigenvalue weighted by molar-refractivity contribution is 0.0520. The summed E-state index contributed by atoms with van der Waals surface area (Å²) in [6.45, 7) is 3.74. The predicted octanol–water partition coefficient (Wildman–Crippen LogP) is 0.508. The molecule has 2 aromatic rings. The number of hydrogen-bond acceptors (Lipinski definition) is 4. The Kier molecular flexibility index (Phi) is 2.47. The number of fused-ring (bicyclic) bond motifs is 1. The first-order valence-electron chi connectivity index (χ1n) is 4.88. The second kappa shape index (κ2) is 3.80. The van der Waals surface area contributed by atoms with E-state index in [1.54, 1.807) is 19.9 Å². The van der Waals surface area contributed by atoms with Crippen molar-refractivity contribution in [1.82, 2.24) is 14.4 Å². The summed E-state index contributed by atoms with van der Waals surface area (Å²) in [4.78, 5) is 29.5. The molecule has 0 aliphatic heterocycles. The summed E-state index contributed by atoms with van der Waals surface area (Å²) < 4.78 is 6.08. The average Bonchev–Trinajstić information content (AvgIpc) is 2.62. The molecule has 0 atom stereocenters. The molecule has 2 rings (SSSR count). The standard InChI is InChI=1S/C10H11N3O3/c1-3-16-9(14)7-5-13-8(12-7)4-6(2)11-10(13)15/h4-5H,3H2,1-2H3,(H,11,15). The lowest BCUT2D eigenvalue weighted by atomic mass is 10.4. The van der Waals surface area contributed by atoms with Gasteiger partial charge in [-0.25, -0.2) is 14.6 Å². The van der Waals surface area contributed by atoms with E-state index in [0.717, 1.165) is 0 Å². The number of aryl methyl sites for hydroxylation is 1. The number of aromatic amines is 1. The Morgan fingerprint density at radius 1 is 1.62 bits per heavy atom. The maximum absolute atomic E-state index is 11.5. The molecular formula is C10H11N3O3. The Labute approximate surface area is 90.9 Å². The zero-order chi connectivity index (χ0) is 11.7. The Morgan fingerprint density at radius 2 is 2.38 bits per heavy atom. The van der Waals surface area contributed by atoms with E-state index in [1.807, 2.05) is 0 Å². The van der Waals surface area contributed by atoms with Crippen LogP contribution in [0.15, 0.2) is 17.1 Å². The molecule has 0 fully saturated rings. The van der Waals surface area contributed by atoms with E-state index < -0.39 is 5.97 Å². The van der Waals surface area contributed by atoms with E-state index in [4.69, 9.17) is 4.74 Å². The SMILES string of the molecule is CCOC(=O)c1cn2c(=O)[nH]c(C)cc2n1. The fourth-order valence-electron chi connectivity index (χ4n) is 1.42. The minimum absolute atomic E-state index is 0.137. The molecule has 0 amide bonds. The maximum atomic E-state index is 11.5. The van der Waals surface area contributed by atoms with Gasteiger partial charge < -0.3 is 9.72 Å². The number of imidazole rings is 1. The summed E-state index contributed by atoms with van der Waals surface area (Å²) in [5, 5.41) is 0. The number of rotatable bonds is 2. The van der Waals surface area contributed by atoms with E-state index in [9.17, 15) is 9.59 Å². The highest BCUT2D eigenvalue weighted by molar-refractivity contribution is 5.87. The monoisotopic (exact) mass is 221 g/mol. The molecule has 1 N–H and O–H groups in total. The molecule has 6 nitrogen and oxygen atoms in total. The van der Waals surface area contributed by atoms with Crippen LogP contribution in [0.1, 0.15) is 23.1 Å². The zero-order valence-electron chi connectivity index (χ0n) is 8.98. The first kappa shape index (κ1) is 10.4. The smallest absolute Gasteiger partial charge is 0.358 e. The second-order valence-corrected chi connectivity index (χ2v) is 3.33. The summed E-state index contributed by atoms with van der Waals surface area (Å²) in [7, 11) is 0. The molecule has 2 aromatic heterocycles. The van der Waals surface area contributed by atoms with Gasteiger partial charge in [0.2, 0.25) is 0 Å².